The van der Waals surface area contributed by atoms with Crippen molar-refractivity contribution >= 4 is 17.7 Å². The molecule has 222 valence electrons. The molecule has 0 aromatic heterocycles. The molecule has 8 atom stereocenters. The van der Waals surface area contributed by atoms with Crippen LogP contribution in [0.15, 0.2) is 23.3 Å². The second-order valence-corrected chi connectivity index (χ2v) is 16.3. The molecule has 0 bridgehead atoms. The number of carboxylic acid groups (broad SMARTS) is 1. The summed E-state index contributed by atoms with van der Waals surface area (Å²) in [5.41, 5.74) is 0.279. The Morgan fingerprint density at radius 3 is 2.27 bits per heavy atom. The molecule has 0 spiro atoms. The zero-order valence-corrected chi connectivity index (χ0v) is 26.4. The topological polar surface area (TPSA) is 80.7 Å². The number of fused-ring (bicyclic) bond motifs is 7. The minimum atomic E-state index is -1.10. The van der Waals surface area contributed by atoms with Gasteiger partial charge in [-0.05, 0) is 98.7 Å². The summed E-state index contributed by atoms with van der Waals surface area (Å²) in [5, 5.41) is 11.0. The van der Waals surface area contributed by atoms with Gasteiger partial charge >= 0.3 is 11.9 Å². The van der Waals surface area contributed by atoms with E-state index in [0.29, 0.717) is 42.5 Å². The van der Waals surface area contributed by atoms with E-state index in [-0.39, 0.29) is 33.0 Å². The minimum Gasteiger partial charge on any atom is -0.481 e. The highest BCUT2D eigenvalue weighted by Gasteiger charge is 2.71. The lowest BCUT2D eigenvalue weighted by Crippen LogP contribution is -2.66. The molecule has 40 heavy (non-hydrogen) atoms. The number of allylic oxidation sites excluding steroid dienone is 3. The fraction of sp³-hybridized carbons (Fsp3) is 0.800. The molecular formula is C35H52O5. The minimum absolute atomic E-state index is 0.0266. The van der Waals surface area contributed by atoms with E-state index in [9.17, 15) is 19.5 Å². The predicted molar refractivity (Wildman–Crippen MR) is 156 cm³/mol. The zero-order valence-electron chi connectivity index (χ0n) is 26.4. The van der Waals surface area contributed by atoms with Crippen molar-refractivity contribution in [2.75, 3.05) is 0 Å². The van der Waals surface area contributed by atoms with Crippen LogP contribution in [0.4, 0.5) is 0 Å². The number of carbonyl (C=O) groups excluding carboxylic acids is 2. The molecule has 4 fully saturated rings. The lowest BCUT2D eigenvalue weighted by atomic mass is 9.33. The molecule has 0 aromatic rings. The monoisotopic (exact) mass is 552 g/mol. The third kappa shape index (κ3) is 3.73. The fourth-order valence-electron chi connectivity index (χ4n) is 11.1. The van der Waals surface area contributed by atoms with Crippen molar-refractivity contribution in [2.45, 2.75) is 126 Å². The van der Waals surface area contributed by atoms with Gasteiger partial charge in [0.15, 0.2) is 0 Å². The molecule has 5 aliphatic rings. The summed E-state index contributed by atoms with van der Waals surface area (Å²) in [7, 11) is 0. The van der Waals surface area contributed by atoms with E-state index in [4.69, 9.17) is 4.74 Å². The van der Waals surface area contributed by atoms with Crippen LogP contribution in [0.25, 0.3) is 0 Å². The Morgan fingerprint density at radius 2 is 1.65 bits per heavy atom. The molecule has 5 aliphatic carbocycles. The third-order valence-corrected chi connectivity index (χ3v) is 13.8. The van der Waals surface area contributed by atoms with E-state index in [1.165, 1.54) is 5.57 Å². The number of hydrogen-bond donors (Lipinski definition) is 1. The van der Waals surface area contributed by atoms with Gasteiger partial charge in [-0.2, -0.15) is 0 Å². The quantitative estimate of drug-likeness (QED) is 0.218. The molecule has 0 aromatic carbocycles. The molecule has 0 radical (unpaired) electrons. The van der Waals surface area contributed by atoms with Crippen LogP contribution in [-0.2, 0) is 19.1 Å². The Bertz CT molecular complexity index is 1190. The van der Waals surface area contributed by atoms with E-state index in [1.807, 2.05) is 6.92 Å². The maximum absolute atomic E-state index is 13.4. The Hall–Kier alpha value is -1.91. The van der Waals surface area contributed by atoms with Gasteiger partial charge in [-0.25, -0.2) is 4.79 Å². The first kappa shape index (κ1) is 29.6. The van der Waals surface area contributed by atoms with Crippen molar-refractivity contribution in [3.05, 3.63) is 23.3 Å². The van der Waals surface area contributed by atoms with Gasteiger partial charge in [0.1, 0.15) is 17.3 Å². The number of Topliss-reactive ketones (excluding diaryl/α,β-unsaturated/α-hetero) is 1. The van der Waals surface area contributed by atoms with Crippen molar-refractivity contribution in [1.82, 2.24) is 0 Å². The Kier molecular flexibility index (Phi) is 6.69. The largest absolute Gasteiger partial charge is 0.481 e. The Labute approximate surface area is 241 Å². The van der Waals surface area contributed by atoms with Crippen LogP contribution in [0.5, 0.6) is 0 Å². The predicted octanol–water partition coefficient (Wildman–Crippen LogP) is 7.93. The standard InChI is InChI=1S/C35H52O5/c1-10-21(2)28(37)40-27-20-30(3,4)19-23-22-11-12-25-32(7)15-14-26(36)31(5,6)24(32)13-16-34(25,9)33(22,8)17-18-35(23,27)29(38)39/h10-11,23-25,27H,12-20H2,1-9H3,(H,38,39)/b21-10+/t23-,24?,25?,27?,32-,33?,34+,35-/m0/s1. The maximum Gasteiger partial charge on any atom is 0.333 e. The molecule has 5 rings (SSSR count). The van der Waals surface area contributed by atoms with Crippen LogP contribution in [0.2, 0.25) is 0 Å². The summed E-state index contributed by atoms with van der Waals surface area (Å²) >= 11 is 0. The first-order valence-corrected chi connectivity index (χ1v) is 15.7. The molecule has 1 N–H and O–H groups in total. The molecule has 0 aliphatic heterocycles. The first-order valence-electron chi connectivity index (χ1n) is 15.7. The van der Waals surface area contributed by atoms with Gasteiger partial charge in [-0.1, -0.05) is 66.2 Å². The van der Waals surface area contributed by atoms with E-state index < -0.39 is 23.5 Å². The summed E-state index contributed by atoms with van der Waals surface area (Å²) in [6, 6.07) is 0. The molecule has 5 heteroatoms. The van der Waals surface area contributed by atoms with Crippen LogP contribution in [0, 0.1) is 50.2 Å². The van der Waals surface area contributed by atoms with Crippen molar-refractivity contribution < 1.29 is 24.2 Å². The summed E-state index contributed by atoms with van der Waals surface area (Å²) in [6.07, 6.45) is 10.9. The van der Waals surface area contributed by atoms with Crippen LogP contribution in [0.3, 0.4) is 0 Å². The molecule has 0 amide bonds. The number of carboxylic acids is 1. The number of aliphatic carboxylic acids is 1. The fourth-order valence-corrected chi connectivity index (χ4v) is 11.1. The molecule has 5 nitrogen and oxygen atoms in total. The smallest absolute Gasteiger partial charge is 0.333 e. The number of hydrogen-bond acceptors (Lipinski definition) is 4. The van der Waals surface area contributed by atoms with Crippen molar-refractivity contribution in [2.24, 2.45) is 50.2 Å². The highest BCUT2D eigenvalue weighted by Crippen LogP contribution is 2.75. The van der Waals surface area contributed by atoms with Crippen LogP contribution < -0.4 is 0 Å². The van der Waals surface area contributed by atoms with Crippen molar-refractivity contribution in [1.29, 1.82) is 0 Å². The lowest BCUT2D eigenvalue weighted by molar-refractivity contribution is -0.206. The number of ketones is 1. The average Bonchev–Trinajstić information content (AvgIpc) is 2.85. The van der Waals surface area contributed by atoms with E-state index >= 15 is 0 Å². The number of carbonyl (C=O) groups is 3. The van der Waals surface area contributed by atoms with Gasteiger partial charge in [-0.3, -0.25) is 9.59 Å². The highest BCUT2D eigenvalue weighted by atomic mass is 16.5. The summed E-state index contributed by atoms with van der Waals surface area (Å²) < 4.78 is 6.13. The summed E-state index contributed by atoms with van der Waals surface area (Å²) in [4.78, 5) is 39.4. The van der Waals surface area contributed by atoms with E-state index in [0.717, 1.165) is 38.5 Å². The van der Waals surface area contributed by atoms with Gasteiger partial charge in [-0.15, -0.1) is 0 Å². The Morgan fingerprint density at radius 1 is 0.975 bits per heavy atom. The highest BCUT2D eigenvalue weighted by molar-refractivity contribution is 5.88. The van der Waals surface area contributed by atoms with Crippen LogP contribution in [0.1, 0.15) is 120 Å². The molecule has 0 saturated heterocycles. The second kappa shape index (κ2) is 9.04. The maximum atomic E-state index is 13.4. The summed E-state index contributed by atoms with van der Waals surface area (Å²) in [5.74, 6) is -0.125. The number of ether oxygens (including phenoxy) is 1. The number of rotatable bonds is 3. The molecule has 0 heterocycles. The van der Waals surface area contributed by atoms with E-state index in [1.54, 1.807) is 13.0 Å². The van der Waals surface area contributed by atoms with Crippen molar-refractivity contribution in [3.63, 3.8) is 0 Å². The second-order valence-electron chi connectivity index (χ2n) is 16.3. The third-order valence-electron chi connectivity index (χ3n) is 13.8. The first-order chi connectivity index (χ1) is 18.4. The van der Waals surface area contributed by atoms with Gasteiger partial charge in [0.2, 0.25) is 0 Å². The SMILES string of the molecule is C/C=C(\C)C(=O)OC1CC(C)(C)C[C@H]2C3=CCC4[C@@]5(C)CCC(=O)C(C)(C)C5CC[C@@]4(C)C3(C)CC[C@@]12C(=O)O. The van der Waals surface area contributed by atoms with Gasteiger partial charge in [0.25, 0.3) is 0 Å². The lowest BCUT2D eigenvalue weighted by Gasteiger charge is -2.70. The normalized spacial score (nSPS) is 45.7. The van der Waals surface area contributed by atoms with Gasteiger partial charge in [0, 0.05) is 23.3 Å². The molecule has 4 saturated carbocycles. The van der Waals surface area contributed by atoms with E-state index in [2.05, 4.69) is 54.5 Å². The Balaban J connectivity index is 1.60. The van der Waals surface area contributed by atoms with Crippen LogP contribution in [-0.4, -0.2) is 28.9 Å². The zero-order chi connectivity index (χ0) is 29.7. The molecule has 4 unspecified atom stereocenters. The number of esters is 1. The molecular weight excluding hydrogens is 500 g/mol. The van der Waals surface area contributed by atoms with Crippen LogP contribution >= 0.6 is 0 Å². The summed E-state index contributed by atoms with van der Waals surface area (Å²) in [6.45, 7) is 19.7. The average molecular weight is 553 g/mol. The van der Waals surface area contributed by atoms with Gasteiger partial charge < -0.3 is 9.84 Å². The van der Waals surface area contributed by atoms with Gasteiger partial charge in [0.05, 0.1) is 0 Å². The van der Waals surface area contributed by atoms with Crippen molar-refractivity contribution in [3.8, 4) is 0 Å².